The van der Waals surface area contributed by atoms with E-state index in [4.69, 9.17) is 9.15 Å². The molecule has 2 spiro atoms. The molecule has 4 heteroatoms. The van der Waals surface area contributed by atoms with Crippen molar-refractivity contribution in [1.82, 2.24) is 0 Å². The zero-order valence-corrected chi connectivity index (χ0v) is 36.4. The quantitative estimate of drug-likeness (QED) is 0.177. The first-order valence-electron chi connectivity index (χ1n) is 22.7. The fraction of sp³-hybridized carbons (Fsp3) is 0.0323. The number of anilines is 3. The number of hydrogen-bond donors (Lipinski definition) is 0. The number of nitrogens with zero attached hydrogens (tertiary/aromatic N) is 1. The van der Waals surface area contributed by atoms with Gasteiger partial charge in [-0.15, -0.1) is 0 Å². The summed E-state index contributed by atoms with van der Waals surface area (Å²) in [5.74, 6) is 1.76. The predicted molar refractivity (Wildman–Crippen MR) is 267 cm³/mol. The largest absolute Gasteiger partial charge is 0.457 e. The fourth-order valence-electron chi connectivity index (χ4n) is 12.3. The van der Waals surface area contributed by atoms with Crippen LogP contribution >= 0.6 is 11.8 Å². The van der Waals surface area contributed by atoms with Crippen molar-refractivity contribution in [2.45, 2.75) is 20.6 Å². The lowest BCUT2D eigenvalue weighted by atomic mass is 9.66. The molecule has 4 aliphatic rings. The van der Waals surface area contributed by atoms with Crippen LogP contribution in [0.3, 0.4) is 0 Å². The number of furan rings is 1. The van der Waals surface area contributed by atoms with E-state index in [1.807, 2.05) is 17.8 Å². The average Bonchev–Trinajstić information content (AvgIpc) is 3.99. The molecule has 0 amide bonds. The first-order chi connectivity index (χ1) is 32.7. The van der Waals surface area contributed by atoms with E-state index in [9.17, 15) is 0 Å². The van der Waals surface area contributed by atoms with Crippen LogP contribution in [0.25, 0.3) is 44.2 Å². The summed E-state index contributed by atoms with van der Waals surface area (Å²) in [7, 11) is 0. The van der Waals surface area contributed by atoms with Crippen LogP contribution in [0, 0.1) is 0 Å². The second-order valence-electron chi connectivity index (χ2n) is 17.8. The second kappa shape index (κ2) is 13.3. The third kappa shape index (κ3) is 4.54. The van der Waals surface area contributed by atoms with Crippen molar-refractivity contribution in [3.05, 3.63) is 269 Å². The Balaban J connectivity index is 1.03. The van der Waals surface area contributed by atoms with E-state index in [1.165, 1.54) is 65.4 Å². The van der Waals surface area contributed by atoms with E-state index in [0.717, 1.165) is 61.6 Å². The van der Waals surface area contributed by atoms with Crippen molar-refractivity contribution in [1.29, 1.82) is 0 Å². The standard InChI is InChI=1S/C62H37NO2S/c1-4-19-45-40(16-1)44-36-38(33-35-47(44)61(45)50-23-8-13-30-58(50)66-59-31-14-9-24-51(59)61)63(39-32-34-42-41-17-3-10-27-54(41)64-57(42)37-39)53-26-15-25-52-60(53)43-18-2-5-20-46(43)62(52)48-21-6-11-28-55(48)65-56-29-12-7-22-49(56)62/h1-37H. The van der Waals surface area contributed by atoms with Crippen molar-refractivity contribution in [2.75, 3.05) is 4.90 Å². The maximum atomic E-state index is 6.72. The van der Waals surface area contributed by atoms with Gasteiger partial charge in [0.2, 0.25) is 0 Å². The Morgan fingerprint density at radius 2 is 0.864 bits per heavy atom. The Kier molecular flexibility index (Phi) is 7.29. The van der Waals surface area contributed by atoms with Crippen LogP contribution in [0.1, 0.15) is 44.5 Å². The van der Waals surface area contributed by atoms with Gasteiger partial charge in [0.25, 0.3) is 0 Å². The molecule has 0 unspecified atom stereocenters. The van der Waals surface area contributed by atoms with E-state index >= 15 is 0 Å². The Morgan fingerprint density at radius 3 is 1.61 bits per heavy atom. The summed E-state index contributed by atoms with van der Waals surface area (Å²) >= 11 is 1.88. The first-order valence-corrected chi connectivity index (χ1v) is 23.5. The molecule has 0 radical (unpaired) electrons. The van der Waals surface area contributed by atoms with Crippen LogP contribution in [0.4, 0.5) is 17.1 Å². The molecule has 0 saturated carbocycles. The molecule has 0 atom stereocenters. The fourth-order valence-corrected chi connectivity index (χ4v) is 13.5. The molecule has 1 aromatic heterocycles. The van der Waals surface area contributed by atoms with Crippen LogP contribution in [0.5, 0.6) is 11.5 Å². The van der Waals surface area contributed by atoms with Crippen molar-refractivity contribution < 1.29 is 9.15 Å². The molecule has 10 aromatic carbocycles. The SMILES string of the molecule is c1ccc2c(c1)Oc1ccccc1C21c2ccccc2-c2c(N(c3ccc4c(c3)-c3ccccc3C43c4ccccc4Sc4ccccc43)c3ccc4c(c3)oc3ccccc34)cccc21. The van der Waals surface area contributed by atoms with E-state index in [-0.39, 0.29) is 0 Å². The van der Waals surface area contributed by atoms with Gasteiger partial charge in [0.05, 0.1) is 16.5 Å². The highest BCUT2D eigenvalue weighted by Gasteiger charge is 2.53. The summed E-state index contributed by atoms with van der Waals surface area (Å²) in [4.78, 5) is 5.07. The third-order valence-corrected chi connectivity index (χ3v) is 16.0. The minimum atomic E-state index is -0.606. The summed E-state index contributed by atoms with van der Waals surface area (Å²) in [5, 5.41) is 2.22. The molecule has 3 nitrogen and oxygen atoms in total. The van der Waals surface area contributed by atoms with Crippen LogP contribution in [0.15, 0.2) is 239 Å². The van der Waals surface area contributed by atoms with Gasteiger partial charge in [-0.3, -0.25) is 0 Å². The van der Waals surface area contributed by atoms with Gasteiger partial charge in [-0.25, -0.2) is 0 Å². The maximum absolute atomic E-state index is 6.72. The predicted octanol–water partition coefficient (Wildman–Crippen LogP) is 16.4. The molecule has 66 heavy (non-hydrogen) atoms. The highest BCUT2D eigenvalue weighted by molar-refractivity contribution is 7.99. The van der Waals surface area contributed by atoms with Crippen LogP contribution in [-0.4, -0.2) is 0 Å². The van der Waals surface area contributed by atoms with Gasteiger partial charge >= 0.3 is 0 Å². The number of rotatable bonds is 3. The van der Waals surface area contributed by atoms with Gasteiger partial charge in [0.15, 0.2) is 0 Å². The summed E-state index contributed by atoms with van der Waals surface area (Å²) in [6, 6.07) is 82.5. The van der Waals surface area contributed by atoms with E-state index < -0.39 is 10.8 Å². The molecule has 11 aromatic rings. The van der Waals surface area contributed by atoms with E-state index in [2.05, 4.69) is 223 Å². The first kappa shape index (κ1) is 36.3. The van der Waals surface area contributed by atoms with Crippen LogP contribution in [0.2, 0.25) is 0 Å². The Bertz CT molecular complexity index is 3790. The van der Waals surface area contributed by atoms with Gasteiger partial charge in [0.1, 0.15) is 22.7 Å². The lowest BCUT2D eigenvalue weighted by molar-refractivity contribution is 0.436. The molecule has 3 heterocycles. The zero-order chi connectivity index (χ0) is 43.1. The monoisotopic (exact) mass is 859 g/mol. The lowest BCUT2D eigenvalue weighted by Crippen LogP contribution is -2.32. The van der Waals surface area contributed by atoms with Gasteiger partial charge in [-0.1, -0.05) is 169 Å². The molecule has 15 rings (SSSR count). The number of para-hydroxylation sites is 3. The zero-order valence-electron chi connectivity index (χ0n) is 35.5. The molecule has 0 N–H and O–H groups in total. The molecule has 2 aliphatic heterocycles. The number of hydrogen-bond acceptors (Lipinski definition) is 4. The van der Waals surface area contributed by atoms with Crippen molar-refractivity contribution in [3.63, 3.8) is 0 Å². The van der Waals surface area contributed by atoms with Crippen LogP contribution < -0.4 is 9.64 Å². The second-order valence-corrected chi connectivity index (χ2v) is 18.9. The summed E-state index contributed by atoms with van der Waals surface area (Å²) in [5.41, 5.74) is 18.8. The molecular formula is C62H37NO2S. The Morgan fingerprint density at radius 1 is 0.348 bits per heavy atom. The van der Waals surface area contributed by atoms with Gasteiger partial charge < -0.3 is 14.1 Å². The molecule has 0 bridgehead atoms. The van der Waals surface area contributed by atoms with Gasteiger partial charge in [-0.2, -0.15) is 0 Å². The summed E-state index contributed by atoms with van der Waals surface area (Å²) in [6.45, 7) is 0. The minimum Gasteiger partial charge on any atom is -0.457 e. The average molecular weight is 860 g/mol. The molecule has 2 aliphatic carbocycles. The topological polar surface area (TPSA) is 25.6 Å². The highest BCUT2D eigenvalue weighted by Crippen LogP contribution is 2.66. The summed E-state index contributed by atoms with van der Waals surface area (Å²) in [6.07, 6.45) is 0. The van der Waals surface area contributed by atoms with Crippen molar-refractivity contribution in [3.8, 4) is 33.8 Å². The maximum Gasteiger partial charge on any atom is 0.137 e. The van der Waals surface area contributed by atoms with Gasteiger partial charge in [-0.05, 0) is 111 Å². The molecule has 308 valence electrons. The minimum absolute atomic E-state index is 0.468. The normalized spacial score (nSPS) is 14.7. The van der Waals surface area contributed by atoms with Crippen molar-refractivity contribution >= 4 is 50.8 Å². The molecular weight excluding hydrogens is 823 g/mol. The van der Waals surface area contributed by atoms with Gasteiger partial charge in [0, 0.05) is 54.7 Å². The lowest BCUT2D eigenvalue weighted by Gasteiger charge is -2.40. The number of benzene rings is 10. The Labute approximate surface area is 386 Å². The van der Waals surface area contributed by atoms with Crippen LogP contribution in [-0.2, 0) is 10.8 Å². The highest BCUT2D eigenvalue weighted by atomic mass is 32.2. The van der Waals surface area contributed by atoms with E-state index in [1.54, 1.807) is 0 Å². The number of fused-ring (bicyclic) bond motifs is 21. The number of ether oxygens (including phenoxy) is 1. The molecule has 0 fully saturated rings. The smallest absolute Gasteiger partial charge is 0.137 e. The Hall–Kier alpha value is -8.05. The van der Waals surface area contributed by atoms with Crippen molar-refractivity contribution in [2.24, 2.45) is 0 Å². The summed E-state index contributed by atoms with van der Waals surface area (Å²) < 4.78 is 13.4. The molecule has 0 saturated heterocycles. The van der Waals surface area contributed by atoms with E-state index in [0.29, 0.717) is 0 Å². The third-order valence-electron chi connectivity index (χ3n) is 14.8.